The van der Waals surface area contributed by atoms with E-state index in [1.807, 2.05) is 0 Å². The Balaban J connectivity index is 2.72. The summed E-state index contributed by atoms with van der Waals surface area (Å²) >= 11 is 0. The topological polar surface area (TPSA) is 69.9 Å². The highest BCUT2D eigenvalue weighted by Gasteiger charge is 2.18. The van der Waals surface area contributed by atoms with E-state index in [2.05, 4.69) is 0 Å². The summed E-state index contributed by atoms with van der Waals surface area (Å²) < 4.78 is 17.1. The lowest BCUT2D eigenvalue weighted by molar-refractivity contribution is 0.0602. The van der Waals surface area contributed by atoms with E-state index in [4.69, 9.17) is 19.3 Å². The fourth-order valence-electron chi connectivity index (χ4n) is 2.18. The number of benzene rings is 1. The molecule has 0 aliphatic rings. The van der Waals surface area contributed by atoms with Gasteiger partial charge in [0.1, 0.15) is 0 Å². The number of aliphatic hydroxyl groups is 1. The summed E-state index contributed by atoms with van der Waals surface area (Å²) in [7, 11) is 4.41. The Morgan fingerprint density at radius 1 is 1.20 bits per heavy atom. The van der Waals surface area contributed by atoms with Crippen molar-refractivity contribution in [3.05, 3.63) is 23.9 Å². The third-order valence-electron chi connectivity index (χ3n) is 3.13. The molecule has 0 fully saturated rings. The molecule has 0 amide bonds. The molecule has 0 radical (unpaired) electrons. The number of rotatable bonds is 5. The van der Waals surface area contributed by atoms with Gasteiger partial charge >= 0.3 is 5.97 Å². The van der Waals surface area contributed by atoms with Crippen LogP contribution < -0.4 is 9.47 Å². The molecule has 0 spiro atoms. The number of aliphatic hydroxyl groups excluding tert-OH is 1. The average molecular weight is 279 g/mol. The van der Waals surface area contributed by atoms with Crippen LogP contribution in [0.25, 0.3) is 10.9 Å². The number of methoxy groups -OCH3 is 3. The maximum atomic E-state index is 11.8. The molecule has 0 unspecified atom stereocenters. The van der Waals surface area contributed by atoms with Crippen molar-refractivity contribution in [3.8, 4) is 11.5 Å². The van der Waals surface area contributed by atoms with E-state index in [9.17, 15) is 4.79 Å². The Hall–Kier alpha value is -2.21. The molecule has 108 valence electrons. The average Bonchev–Trinajstić information content (AvgIpc) is 2.83. The second-order valence-electron chi connectivity index (χ2n) is 4.18. The molecule has 0 atom stereocenters. The molecule has 2 rings (SSSR count). The van der Waals surface area contributed by atoms with E-state index < -0.39 is 5.97 Å². The molecular weight excluding hydrogens is 262 g/mol. The van der Waals surface area contributed by atoms with Crippen molar-refractivity contribution >= 4 is 16.9 Å². The first-order valence-electron chi connectivity index (χ1n) is 6.10. The number of esters is 1. The first kappa shape index (κ1) is 14.2. The third-order valence-corrected chi connectivity index (χ3v) is 3.13. The van der Waals surface area contributed by atoms with Gasteiger partial charge in [-0.3, -0.25) is 0 Å². The molecule has 0 bridgehead atoms. The quantitative estimate of drug-likeness (QED) is 0.839. The number of ether oxygens (including phenoxy) is 3. The van der Waals surface area contributed by atoms with Crippen molar-refractivity contribution in [1.82, 2.24) is 4.57 Å². The molecule has 0 saturated heterocycles. The van der Waals surface area contributed by atoms with Gasteiger partial charge in [-0.1, -0.05) is 0 Å². The number of carbonyl (C=O) groups excluding carboxylic acids is 1. The van der Waals surface area contributed by atoms with Crippen LogP contribution in [0, 0.1) is 0 Å². The molecule has 0 aliphatic carbocycles. The van der Waals surface area contributed by atoms with Gasteiger partial charge in [0, 0.05) is 24.2 Å². The highest BCUT2D eigenvalue weighted by molar-refractivity contribution is 6.05. The minimum atomic E-state index is -0.432. The predicted molar refractivity (Wildman–Crippen MR) is 73.5 cm³/mol. The lowest BCUT2D eigenvalue weighted by Gasteiger charge is -2.09. The van der Waals surface area contributed by atoms with E-state index in [0.717, 1.165) is 5.52 Å². The van der Waals surface area contributed by atoms with Gasteiger partial charge in [0.25, 0.3) is 0 Å². The van der Waals surface area contributed by atoms with Crippen LogP contribution in [0.15, 0.2) is 18.3 Å². The summed E-state index contributed by atoms with van der Waals surface area (Å²) in [6, 6.07) is 3.50. The van der Waals surface area contributed by atoms with Crippen LogP contribution in [-0.4, -0.2) is 43.6 Å². The SMILES string of the molecule is COC(=O)c1cn(CCO)c2cc(OC)c(OC)cc12. The van der Waals surface area contributed by atoms with Crippen LogP contribution >= 0.6 is 0 Å². The second kappa shape index (κ2) is 5.83. The molecule has 0 aliphatic heterocycles. The monoisotopic (exact) mass is 279 g/mol. The van der Waals surface area contributed by atoms with E-state index >= 15 is 0 Å². The van der Waals surface area contributed by atoms with Crippen LogP contribution in [0.4, 0.5) is 0 Å². The normalized spacial score (nSPS) is 10.6. The van der Waals surface area contributed by atoms with Crippen LogP contribution in [-0.2, 0) is 11.3 Å². The molecule has 0 saturated carbocycles. The van der Waals surface area contributed by atoms with Crippen LogP contribution in [0.3, 0.4) is 0 Å². The largest absolute Gasteiger partial charge is 0.493 e. The third kappa shape index (κ3) is 2.30. The van der Waals surface area contributed by atoms with E-state index in [1.165, 1.54) is 14.2 Å². The van der Waals surface area contributed by atoms with Gasteiger partial charge in [-0.05, 0) is 6.07 Å². The minimum Gasteiger partial charge on any atom is -0.493 e. The number of carbonyl (C=O) groups is 1. The maximum Gasteiger partial charge on any atom is 0.340 e. The van der Waals surface area contributed by atoms with Crippen LogP contribution in [0.1, 0.15) is 10.4 Å². The smallest absolute Gasteiger partial charge is 0.340 e. The Bertz CT molecular complexity index is 632. The van der Waals surface area contributed by atoms with Crippen molar-refractivity contribution in [2.24, 2.45) is 0 Å². The molecule has 2 aromatic rings. The number of fused-ring (bicyclic) bond motifs is 1. The zero-order valence-corrected chi connectivity index (χ0v) is 11.7. The van der Waals surface area contributed by atoms with Crippen molar-refractivity contribution in [2.75, 3.05) is 27.9 Å². The van der Waals surface area contributed by atoms with E-state index in [0.29, 0.717) is 29.0 Å². The van der Waals surface area contributed by atoms with Crippen molar-refractivity contribution in [3.63, 3.8) is 0 Å². The van der Waals surface area contributed by atoms with Gasteiger partial charge in [-0.2, -0.15) is 0 Å². The minimum absolute atomic E-state index is 0.0290. The highest BCUT2D eigenvalue weighted by atomic mass is 16.5. The summed E-state index contributed by atoms with van der Waals surface area (Å²) in [6.45, 7) is 0.349. The van der Waals surface area contributed by atoms with Gasteiger partial charge in [0.2, 0.25) is 0 Å². The lowest BCUT2D eigenvalue weighted by atomic mass is 10.1. The molecule has 1 heterocycles. The standard InChI is InChI=1S/C14H17NO5/c1-18-12-6-9-10(14(17)20-3)8-15(4-5-16)11(9)7-13(12)19-2/h6-8,16H,4-5H2,1-3H3. The summed E-state index contributed by atoms with van der Waals surface area (Å²) in [5.41, 5.74) is 1.20. The fourth-order valence-corrected chi connectivity index (χ4v) is 2.18. The molecule has 20 heavy (non-hydrogen) atoms. The zero-order valence-electron chi connectivity index (χ0n) is 11.7. The molecule has 1 aromatic heterocycles. The first-order valence-corrected chi connectivity index (χ1v) is 6.10. The lowest BCUT2D eigenvalue weighted by Crippen LogP contribution is -2.02. The summed E-state index contributed by atoms with van der Waals surface area (Å²) in [6.07, 6.45) is 1.66. The van der Waals surface area contributed by atoms with E-state index in [-0.39, 0.29) is 6.61 Å². The van der Waals surface area contributed by atoms with Gasteiger partial charge in [-0.15, -0.1) is 0 Å². The summed E-state index contributed by atoms with van der Waals surface area (Å²) in [5.74, 6) is 0.666. The molecule has 6 heteroatoms. The first-order chi connectivity index (χ1) is 9.65. The molecule has 1 aromatic carbocycles. The summed E-state index contributed by atoms with van der Waals surface area (Å²) in [5, 5.41) is 9.82. The van der Waals surface area contributed by atoms with Crippen molar-refractivity contribution in [2.45, 2.75) is 6.54 Å². The number of hydrogen-bond donors (Lipinski definition) is 1. The van der Waals surface area contributed by atoms with Gasteiger partial charge in [0.15, 0.2) is 11.5 Å². The van der Waals surface area contributed by atoms with E-state index in [1.54, 1.807) is 30.0 Å². The summed E-state index contributed by atoms with van der Waals surface area (Å²) in [4.78, 5) is 11.8. The van der Waals surface area contributed by atoms with Crippen LogP contribution in [0.5, 0.6) is 11.5 Å². The van der Waals surface area contributed by atoms with Crippen molar-refractivity contribution in [1.29, 1.82) is 0 Å². The second-order valence-corrected chi connectivity index (χ2v) is 4.18. The molecule has 6 nitrogen and oxygen atoms in total. The van der Waals surface area contributed by atoms with Crippen molar-refractivity contribution < 1.29 is 24.1 Å². The number of hydrogen-bond acceptors (Lipinski definition) is 5. The zero-order chi connectivity index (χ0) is 14.7. The molecule has 1 N–H and O–H groups in total. The van der Waals surface area contributed by atoms with Gasteiger partial charge < -0.3 is 23.9 Å². The van der Waals surface area contributed by atoms with Gasteiger partial charge in [-0.25, -0.2) is 4.79 Å². The van der Waals surface area contributed by atoms with Crippen LogP contribution in [0.2, 0.25) is 0 Å². The molecular formula is C14H17NO5. The Kier molecular flexibility index (Phi) is 4.14. The number of aromatic nitrogens is 1. The Morgan fingerprint density at radius 2 is 1.85 bits per heavy atom. The Morgan fingerprint density at radius 3 is 2.40 bits per heavy atom. The number of nitrogens with zero attached hydrogens (tertiary/aromatic N) is 1. The highest BCUT2D eigenvalue weighted by Crippen LogP contribution is 2.34. The predicted octanol–water partition coefficient (Wildman–Crippen LogP) is 1.44. The fraction of sp³-hybridized carbons (Fsp3) is 0.357. The maximum absolute atomic E-state index is 11.8. The Labute approximate surface area is 116 Å². The van der Waals surface area contributed by atoms with Gasteiger partial charge in [0.05, 0.1) is 39.0 Å².